The third-order valence-corrected chi connectivity index (χ3v) is 18.7. The van der Waals surface area contributed by atoms with Crippen LogP contribution in [0.4, 0.5) is 0 Å². The summed E-state index contributed by atoms with van der Waals surface area (Å²) in [5, 5.41) is 8.13. The van der Waals surface area contributed by atoms with Crippen LogP contribution in [-0.2, 0) is 21.7 Å². The highest BCUT2D eigenvalue weighted by molar-refractivity contribution is 7.01. The van der Waals surface area contributed by atoms with Crippen LogP contribution in [0.25, 0.3) is 76.8 Å². The third kappa shape index (κ3) is 6.90. The van der Waals surface area contributed by atoms with Crippen LogP contribution in [0.5, 0.6) is 23.0 Å². The smallest absolute Gasteiger partial charge is 0.252 e. The number of ether oxygens (including phenoxy) is 2. The molecule has 0 bridgehead atoms. The van der Waals surface area contributed by atoms with E-state index in [1.165, 1.54) is 165 Å². The zero-order valence-electron chi connectivity index (χ0n) is 49.4. The summed E-state index contributed by atoms with van der Waals surface area (Å²) in [5.74, 6) is 3.90. The third-order valence-electron chi connectivity index (χ3n) is 18.7. The first-order chi connectivity index (χ1) is 36.6. The van der Waals surface area contributed by atoms with Gasteiger partial charge in [-0.2, -0.15) is 0 Å². The quantitative estimate of drug-likeness (QED) is 0.127. The van der Waals surface area contributed by atoms with Gasteiger partial charge < -0.3 is 9.47 Å². The Hall–Kier alpha value is -7.03. The molecule has 0 atom stereocenters. The second kappa shape index (κ2) is 15.8. The number of aryl methyl sites for hydroxylation is 6. The first-order valence-electron chi connectivity index (χ1n) is 28.7. The molecule has 0 spiro atoms. The van der Waals surface area contributed by atoms with Gasteiger partial charge >= 0.3 is 0 Å². The number of rotatable bonds is 2. The molecule has 0 amide bonds. The van der Waals surface area contributed by atoms with Gasteiger partial charge in [-0.25, -0.2) is 0 Å². The van der Waals surface area contributed by atoms with E-state index in [9.17, 15) is 0 Å². The maximum absolute atomic E-state index is 7.34. The maximum Gasteiger partial charge on any atom is 0.252 e. The van der Waals surface area contributed by atoms with Crippen molar-refractivity contribution in [1.82, 2.24) is 0 Å². The lowest BCUT2D eigenvalue weighted by atomic mass is 9.31. The Labute approximate surface area is 464 Å². The van der Waals surface area contributed by atoms with Crippen molar-refractivity contribution in [2.75, 3.05) is 0 Å². The zero-order chi connectivity index (χ0) is 54.9. The van der Waals surface area contributed by atoms with Crippen molar-refractivity contribution in [3.05, 3.63) is 165 Å². The highest BCUT2D eigenvalue weighted by atomic mass is 16.5. The molecule has 0 N–H and O–H groups in total. The first kappa shape index (κ1) is 49.3. The molecule has 0 radical (unpaired) electrons. The van der Waals surface area contributed by atoms with Crippen LogP contribution >= 0.6 is 0 Å². The van der Waals surface area contributed by atoms with Crippen molar-refractivity contribution in [2.45, 2.75) is 146 Å². The summed E-state index contributed by atoms with van der Waals surface area (Å²) >= 11 is 0. The molecule has 0 saturated carbocycles. The van der Waals surface area contributed by atoms with Gasteiger partial charge in [0.05, 0.1) is 0 Å². The summed E-state index contributed by atoms with van der Waals surface area (Å²) in [6.45, 7) is 41.7. The molecule has 4 heterocycles. The van der Waals surface area contributed by atoms with E-state index < -0.39 is 0 Å². The van der Waals surface area contributed by atoms with Crippen LogP contribution < -0.4 is 42.3 Å². The lowest BCUT2D eigenvalue weighted by molar-refractivity contribution is 0.479. The van der Waals surface area contributed by atoms with Gasteiger partial charge in [-0.1, -0.05) is 178 Å². The molecule has 10 aromatic rings. The van der Waals surface area contributed by atoms with Crippen molar-refractivity contribution in [2.24, 2.45) is 0 Å². The van der Waals surface area contributed by atoms with Gasteiger partial charge in [-0.15, -0.1) is 0 Å². The van der Waals surface area contributed by atoms with E-state index in [0.717, 1.165) is 23.0 Å². The predicted octanol–water partition coefficient (Wildman–Crippen LogP) is 16.2. The average Bonchev–Trinajstić information content (AvgIpc) is 1.57. The second-order valence-corrected chi connectivity index (χ2v) is 28.5. The molecule has 10 aromatic carbocycles. The number of fused-ring (bicyclic) bond motifs is 8. The summed E-state index contributed by atoms with van der Waals surface area (Å²) in [5.41, 5.74) is 30.7. The highest BCUT2D eigenvalue weighted by Gasteiger charge is 2.46. The molecule has 0 fully saturated rings. The molecule has 0 aliphatic carbocycles. The number of hydrogen-bond acceptors (Lipinski definition) is 2. The summed E-state index contributed by atoms with van der Waals surface area (Å²) in [6, 6.07) is 44.2. The highest BCUT2D eigenvalue weighted by Crippen LogP contribution is 2.53. The minimum atomic E-state index is -0.125. The molecule has 4 aliphatic heterocycles. The Balaban J connectivity index is 1.25. The lowest BCUT2D eigenvalue weighted by Gasteiger charge is -2.39. The second-order valence-electron chi connectivity index (χ2n) is 28.5. The van der Waals surface area contributed by atoms with Crippen LogP contribution in [0.1, 0.15) is 139 Å². The van der Waals surface area contributed by atoms with E-state index in [0.29, 0.717) is 0 Å². The van der Waals surface area contributed by atoms with Crippen LogP contribution in [-0.4, -0.2) is 13.4 Å². The average molecular weight is 1020 g/mol. The maximum atomic E-state index is 7.34. The van der Waals surface area contributed by atoms with Gasteiger partial charge in [0.1, 0.15) is 23.0 Å². The van der Waals surface area contributed by atoms with Crippen molar-refractivity contribution < 1.29 is 9.47 Å². The van der Waals surface area contributed by atoms with Gasteiger partial charge in [0.25, 0.3) is 13.4 Å². The van der Waals surface area contributed by atoms with Crippen molar-refractivity contribution in [3.63, 3.8) is 0 Å². The number of benzene rings is 10. The Morgan fingerprint density at radius 1 is 0.295 bits per heavy atom. The fourth-order valence-electron chi connectivity index (χ4n) is 15.0. The molecular formula is C74H72B2O2. The molecule has 0 unspecified atom stereocenters. The van der Waals surface area contributed by atoms with Gasteiger partial charge in [-0.05, 0) is 243 Å². The van der Waals surface area contributed by atoms with Gasteiger partial charge in [0.15, 0.2) is 0 Å². The SMILES string of the molecule is Cc1cc(C)c(-c2cc3c4c(cc5c(-c6c(C)cc(C)cc6C)cc6c7c(cc2c4c57)B2c4ccc(C(C)(C)C)cc4Oc4cc(C(C)(C)C)cc-6c42)B2c4ccc(C(C)(C)C)cc4Oc4cc(C(C)(C)C)cc-3c42)c(C)c1. The largest absolute Gasteiger partial charge is 0.458 e. The summed E-state index contributed by atoms with van der Waals surface area (Å²) in [4.78, 5) is 0. The first-order valence-corrected chi connectivity index (χ1v) is 28.7. The zero-order valence-corrected chi connectivity index (χ0v) is 49.4. The Kier molecular flexibility index (Phi) is 10.0. The monoisotopic (exact) mass is 1010 g/mol. The molecule has 4 aliphatic rings. The van der Waals surface area contributed by atoms with Gasteiger partial charge in [0.2, 0.25) is 0 Å². The molecule has 78 heavy (non-hydrogen) atoms. The molecular weight excluding hydrogens is 942 g/mol. The molecule has 386 valence electrons. The van der Waals surface area contributed by atoms with E-state index >= 15 is 0 Å². The Morgan fingerprint density at radius 2 is 0.628 bits per heavy atom. The van der Waals surface area contributed by atoms with Crippen LogP contribution in [0, 0.1) is 41.5 Å². The normalized spacial score (nSPS) is 14.2. The van der Waals surface area contributed by atoms with E-state index in [4.69, 9.17) is 9.47 Å². The van der Waals surface area contributed by atoms with E-state index in [1.807, 2.05) is 0 Å². The lowest BCUT2D eigenvalue weighted by Crippen LogP contribution is -2.58. The molecule has 0 aromatic heterocycles. The predicted molar refractivity (Wildman–Crippen MR) is 337 cm³/mol. The fourth-order valence-corrected chi connectivity index (χ4v) is 15.0. The number of hydrogen-bond donors (Lipinski definition) is 0. The summed E-state index contributed by atoms with van der Waals surface area (Å²) < 4.78 is 14.7. The molecule has 4 heteroatoms. The minimum Gasteiger partial charge on any atom is -0.458 e. The fraction of sp³-hybridized carbons (Fsp3) is 0.297. The topological polar surface area (TPSA) is 18.5 Å². The van der Waals surface area contributed by atoms with Gasteiger partial charge in [-0.3, -0.25) is 0 Å². The van der Waals surface area contributed by atoms with Crippen molar-refractivity contribution in [1.29, 1.82) is 0 Å². The van der Waals surface area contributed by atoms with E-state index in [2.05, 4.69) is 234 Å². The Bertz CT molecular complexity index is 4040. The van der Waals surface area contributed by atoms with Crippen molar-refractivity contribution in [3.8, 4) is 67.5 Å². The minimum absolute atomic E-state index is 0.0459. The molecule has 2 nitrogen and oxygen atoms in total. The molecule has 0 saturated heterocycles. The molecule has 14 rings (SSSR count). The van der Waals surface area contributed by atoms with Crippen LogP contribution in [0.15, 0.2) is 109 Å². The Morgan fingerprint density at radius 3 is 0.962 bits per heavy atom. The standard InChI is InChI=1S/C74H72B2O2/c1-37-23-39(3)63(40(4)24-37)47-33-49-53-27-45(73(13,14)15)31-61-69(53)76(56-22-20-44(72(10,11)12)30-60(56)77-61)58-36-52-48(64-41(5)25-38(2)26-42(64)6)34-50-54-28-46(74(16,17)18)32-62-70(54)75(55-21-19-43(71(7,8)9)29-59(55)78-62)57-35-51(47)67(65(49)58)68(52)66(50)57/h19-36H,1-18H3. The van der Waals surface area contributed by atoms with Crippen LogP contribution in [0.3, 0.4) is 0 Å². The van der Waals surface area contributed by atoms with E-state index in [-0.39, 0.29) is 35.1 Å². The van der Waals surface area contributed by atoms with Crippen molar-refractivity contribution >= 4 is 78.5 Å². The van der Waals surface area contributed by atoms with Crippen LogP contribution in [0.2, 0.25) is 0 Å². The van der Waals surface area contributed by atoms with Gasteiger partial charge in [0, 0.05) is 0 Å². The summed E-state index contributed by atoms with van der Waals surface area (Å²) in [6.07, 6.45) is 0. The van der Waals surface area contributed by atoms with E-state index in [1.54, 1.807) is 0 Å². The summed E-state index contributed by atoms with van der Waals surface area (Å²) in [7, 11) is 0.